The number of carbonyl (C=O) groups is 2. The molecule has 2 aliphatic heterocycles. The van der Waals surface area contributed by atoms with E-state index in [0.29, 0.717) is 37.1 Å². The zero-order valence-electron chi connectivity index (χ0n) is 15.4. The van der Waals surface area contributed by atoms with Crippen LogP contribution >= 0.6 is 11.6 Å². The van der Waals surface area contributed by atoms with Crippen LogP contribution < -0.4 is 15.5 Å². The highest BCUT2D eigenvalue weighted by atomic mass is 35.5. The van der Waals surface area contributed by atoms with Crippen molar-refractivity contribution in [3.05, 3.63) is 17.3 Å². The number of nitrogens with zero attached hydrogens (tertiary/aromatic N) is 4. The van der Waals surface area contributed by atoms with E-state index in [4.69, 9.17) is 21.2 Å². The molecule has 27 heavy (non-hydrogen) atoms. The van der Waals surface area contributed by atoms with Crippen LogP contribution in [0.2, 0.25) is 5.15 Å². The molecular weight excluding hydrogens is 376 g/mol. The summed E-state index contributed by atoms with van der Waals surface area (Å²) in [5, 5.41) is 14.8. The number of amides is 2. The van der Waals surface area contributed by atoms with Gasteiger partial charge >= 0.3 is 12.2 Å². The van der Waals surface area contributed by atoms with E-state index in [0.717, 1.165) is 5.06 Å². The monoisotopic (exact) mass is 398 g/mol. The lowest BCUT2D eigenvalue weighted by Gasteiger charge is -2.44. The molecule has 2 aliphatic rings. The fourth-order valence-electron chi connectivity index (χ4n) is 2.51. The van der Waals surface area contributed by atoms with Crippen molar-refractivity contribution in [3.63, 3.8) is 0 Å². The molecule has 2 N–H and O–H groups in total. The molecule has 3 rings (SSSR count). The fourth-order valence-corrected chi connectivity index (χ4v) is 2.61. The van der Waals surface area contributed by atoms with Crippen LogP contribution in [0, 0.1) is 0 Å². The van der Waals surface area contributed by atoms with Crippen LogP contribution in [0.1, 0.15) is 20.8 Å². The van der Waals surface area contributed by atoms with Crippen molar-refractivity contribution < 1.29 is 19.2 Å². The predicted molar refractivity (Wildman–Crippen MR) is 97.4 cm³/mol. The van der Waals surface area contributed by atoms with Crippen molar-refractivity contribution in [1.29, 1.82) is 0 Å². The van der Waals surface area contributed by atoms with E-state index in [9.17, 15) is 9.59 Å². The quantitative estimate of drug-likeness (QED) is 0.730. The largest absolute Gasteiger partial charge is 0.444 e. The van der Waals surface area contributed by atoms with E-state index in [2.05, 4.69) is 20.8 Å². The second kappa shape index (κ2) is 7.73. The maximum absolute atomic E-state index is 12.5. The topological polar surface area (TPSA) is 109 Å². The van der Waals surface area contributed by atoms with Gasteiger partial charge in [-0.1, -0.05) is 11.6 Å². The minimum absolute atomic E-state index is 0.000201. The minimum Gasteiger partial charge on any atom is -0.442 e. The van der Waals surface area contributed by atoms with Gasteiger partial charge in [-0.05, 0) is 32.9 Å². The smallest absolute Gasteiger partial charge is 0.442 e. The first-order valence-electron chi connectivity index (χ1n) is 8.67. The van der Waals surface area contributed by atoms with Gasteiger partial charge in [-0.25, -0.2) is 9.59 Å². The van der Waals surface area contributed by atoms with Gasteiger partial charge in [-0.3, -0.25) is 0 Å². The molecule has 1 aromatic heterocycles. The Hall–Kier alpha value is -2.33. The van der Waals surface area contributed by atoms with E-state index in [1.807, 2.05) is 4.90 Å². The fraction of sp³-hybridized carbons (Fsp3) is 0.625. The number of aromatic nitrogens is 2. The van der Waals surface area contributed by atoms with Crippen molar-refractivity contribution >= 4 is 29.6 Å². The summed E-state index contributed by atoms with van der Waals surface area (Å²) >= 11 is 5.74. The maximum atomic E-state index is 12.5. The molecule has 2 amide bonds. The SMILES string of the molecule is CC(C)(C)OC(=O)N(OC(=O)NC1CNC1)C1CN(c2ccc(Cl)nn2)C1. The standard InChI is InChI=1S/C16H23ClN6O4/c1-16(2,3)26-15(25)23(27-14(24)19-10-6-18-7-10)11-8-22(9-11)13-5-4-12(17)20-21-13/h4-5,10-11,18H,6-9H2,1-3H3,(H,19,24). The molecule has 0 unspecified atom stereocenters. The Balaban J connectivity index is 1.61. The molecule has 0 bridgehead atoms. The number of hydrogen-bond acceptors (Lipinski definition) is 8. The Labute approximate surface area is 162 Å². The van der Waals surface area contributed by atoms with Gasteiger partial charge in [0.15, 0.2) is 11.0 Å². The first-order valence-corrected chi connectivity index (χ1v) is 9.04. The summed E-state index contributed by atoms with van der Waals surface area (Å²) in [7, 11) is 0. The Morgan fingerprint density at radius 3 is 2.52 bits per heavy atom. The number of nitrogens with one attached hydrogen (secondary N) is 2. The zero-order chi connectivity index (χ0) is 19.6. The van der Waals surface area contributed by atoms with E-state index in [1.54, 1.807) is 32.9 Å². The number of carbonyl (C=O) groups excluding carboxylic acids is 2. The number of hydrogen-bond donors (Lipinski definition) is 2. The van der Waals surface area contributed by atoms with Crippen LogP contribution in [-0.2, 0) is 9.57 Å². The van der Waals surface area contributed by atoms with Gasteiger partial charge in [-0.2, -0.15) is 0 Å². The normalized spacial score (nSPS) is 17.6. The molecule has 3 heterocycles. The molecule has 0 saturated carbocycles. The Bertz CT molecular complexity index is 685. The van der Waals surface area contributed by atoms with Crippen LogP contribution in [0.25, 0.3) is 0 Å². The van der Waals surface area contributed by atoms with Gasteiger partial charge in [0.25, 0.3) is 0 Å². The van der Waals surface area contributed by atoms with Crippen molar-refractivity contribution in [2.45, 2.75) is 38.5 Å². The lowest BCUT2D eigenvalue weighted by Crippen LogP contribution is -2.63. The summed E-state index contributed by atoms with van der Waals surface area (Å²) in [6, 6.07) is 3.02. The summed E-state index contributed by atoms with van der Waals surface area (Å²) in [6.07, 6.45) is -1.40. The van der Waals surface area contributed by atoms with Gasteiger partial charge in [0.2, 0.25) is 0 Å². The van der Waals surface area contributed by atoms with Crippen molar-refractivity contribution in [3.8, 4) is 0 Å². The second-order valence-electron chi connectivity index (χ2n) is 7.46. The lowest BCUT2D eigenvalue weighted by molar-refractivity contribution is -0.130. The van der Waals surface area contributed by atoms with E-state index in [-0.39, 0.29) is 12.1 Å². The van der Waals surface area contributed by atoms with Crippen LogP contribution in [0.5, 0.6) is 0 Å². The third kappa shape index (κ3) is 5.10. The average Bonchev–Trinajstić information content (AvgIpc) is 2.48. The number of ether oxygens (including phenoxy) is 1. The molecule has 10 nitrogen and oxygen atoms in total. The Morgan fingerprint density at radius 2 is 2.00 bits per heavy atom. The molecule has 0 atom stereocenters. The van der Waals surface area contributed by atoms with Crippen molar-refractivity contribution in [2.75, 3.05) is 31.1 Å². The highest BCUT2D eigenvalue weighted by Gasteiger charge is 2.40. The van der Waals surface area contributed by atoms with Gasteiger partial charge in [0.05, 0.1) is 6.04 Å². The summed E-state index contributed by atoms with van der Waals surface area (Å²) in [5.41, 5.74) is -0.710. The predicted octanol–water partition coefficient (Wildman–Crippen LogP) is 1.17. The molecule has 148 valence electrons. The van der Waals surface area contributed by atoms with Gasteiger partial charge in [0.1, 0.15) is 11.6 Å². The summed E-state index contributed by atoms with van der Waals surface area (Å²) in [5.74, 6) is 0.629. The van der Waals surface area contributed by atoms with E-state index >= 15 is 0 Å². The molecule has 1 aromatic rings. The number of hydroxylamine groups is 2. The van der Waals surface area contributed by atoms with Gasteiger partial charge in [-0.15, -0.1) is 15.3 Å². The van der Waals surface area contributed by atoms with Crippen molar-refractivity contribution in [1.82, 2.24) is 25.9 Å². The minimum atomic E-state index is -0.712. The van der Waals surface area contributed by atoms with Gasteiger partial charge in [0, 0.05) is 26.2 Å². The van der Waals surface area contributed by atoms with Crippen LogP contribution in [0.4, 0.5) is 15.4 Å². The molecule has 0 aliphatic carbocycles. The summed E-state index contributed by atoms with van der Waals surface area (Å²) in [4.78, 5) is 31.8. The molecule has 0 aromatic carbocycles. The number of rotatable bonds is 3. The first kappa shape index (κ1) is 19.4. The lowest BCUT2D eigenvalue weighted by atomic mass is 10.1. The van der Waals surface area contributed by atoms with Gasteiger partial charge < -0.3 is 25.1 Å². The summed E-state index contributed by atoms with van der Waals surface area (Å²) < 4.78 is 5.37. The average molecular weight is 399 g/mol. The van der Waals surface area contributed by atoms with E-state index < -0.39 is 17.8 Å². The van der Waals surface area contributed by atoms with Crippen molar-refractivity contribution in [2.24, 2.45) is 0 Å². The van der Waals surface area contributed by atoms with Crippen LogP contribution in [-0.4, -0.2) is 71.3 Å². The van der Waals surface area contributed by atoms with Crippen LogP contribution in [0.15, 0.2) is 12.1 Å². The number of anilines is 1. The third-order valence-electron chi connectivity index (χ3n) is 3.99. The van der Waals surface area contributed by atoms with Crippen LogP contribution in [0.3, 0.4) is 0 Å². The molecule has 11 heteroatoms. The zero-order valence-corrected chi connectivity index (χ0v) is 16.2. The maximum Gasteiger partial charge on any atom is 0.444 e. The van der Waals surface area contributed by atoms with E-state index in [1.165, 1.54) is 0 Å². The molecule has 2 saturated heterocycles. The molecule has 2 fully saturated rings. The second-order valence-corrected chi connectivity index (χ2v) is 7.84. The number of halogens is 1. The highest BCUT2D eigenvalue weighted by Crippen LogP contribution is 2.24. The Kier molecular flexibility index (Phi) is 5.56. The molecular formula is C16H23ClN6O4. The molecule has 0 radical (unpaired) electrons. The first-order chi connectivity index (χ1) is 12.7. The molecule has 0 spiro atoms. The highest BCUT2D eigenvalue weighted by molar-refractivity contribution is 6.29. The Morgan fingerprint density at radius 1 is 1.30 bits per heavy atom. The summed E-state index contributed by atoms with van der Waals surface area (Å²) in [6.45, 7) is 7.45. The third-order valence-corrected chi connectivity index (χ3v) is 4.20.